The van der Waals surface area contributed by atoms with Crippen molar-refractivity contribution >= 4 is 29.4 Å². The Morgan fingerprint density at radius 2 is 1.59 bits per heavy atom. The average Bonchev–Trinajstić information content (AvgIpc) is 2.76. The van der Waals surface area contributed by atoms with Crippen LogP contribution in [0.25, 0.3) is 0 Å². The van der Waals surface area contributed by atoms with Gasteiger partial charge in [-0.2, -0.15) is 0 Å². The molecular formula is C22H20N2O4S. The van der Waals surface area contributed by atoms with Gasteiger partial charge in [0.1, 0.15) is 11.4 Å². The maximum absolute atomic E-state index is 13.3. The SMILES string of the molecule is CC(=O)C1=CS[C@@H]2C(N)C(=O)N2C1C(=O)OC(c1ccccc1)c1ccccc1. The van der Waals surface area contributed by atoms with Gasteiger partial charge in [0.15, 0.2) is 17.9 Å². The first-order valence-electron chi connectivity index (χ1n) is 9.23. The largest absolute Gasteiger partial charge is 0.451 e. The lowest BCUT2D eigenvalue weighted by molar-refractivity contribution is -0.164. The number of hydrogen-bond acceptors (Lipinski definition) is 6. The van der Waals surface area contributed by atoms with Crippen LogP contribution in [0, 0.1) is 0 Å². The Morgan fingerprint density at radius 1 is 1.03 bits per heavy atom. The quantitative estimate of drug-likeness (QED) is 0.604. The Kier molecular flexibility index (Phi) is 5.25. The number of amides is 1. The number of fused-ring (bicyclic) bond motifs is 1. The Hall–Kier alpha value is -2.90. The number of β-lactam (4-membered cyclic amide) rings is 1. The van der Waals surface area contributed by atoms with Gasteiger partial charge in [0, 0.05) is 5.57 Å². The Balaban J connectivity index is 1.68. The lowest BCUT2D eigenvalue weighted by Crippen LogP contribution is -2.72. The molecule has 2 aromatic rings. The van der Waals surface area contributed by atoms with Gasteiger partial charge in [-0.1, -0.05) is 60.7 Å². The molecule has 0 saturated carbocycles. The topological polar surface area (TPSA) is 89.7 Å². The molecule has 2 unspecified atom stereocenters. The van der Waals surface area contributed by atoms with E-state index in [2.05, 4.69) is 0 Å². The van der Waals surface area contributed by atoms with Crippen LogP contribution in [0.4, 0.5) is 0 Å². The molecule has 1 saturated heterocycles. The maximum Gasteiger partial charge on any atom is 0.334 e. The second-order valence-corrected chi connectivity index (χ2v) is 7.96. The minimum atomic E-state index is -1.08. The van der Waals surface area contributed by atoms with E-state index in [-0.39, 0.29) is 22.6 Å². The van der Waals surface area contributed by atoms with Gasteiger partial charge in [0.05, 0.1) is 0 Å². The van der Waals surface area contributed by atoms with E-state index < -0.39 is 24.2 Å². The summed E-state index contributed by atoms with van der Waals surface area (Å²) in [5, 5.41) is 1.26. The highest BCUT2D eigenvalue weighted by Gasteiger charge is 2.55. The fourth-order valence-electron chi connectivity index (χ4n) is 3.57. The van der Waals surface area contributed by atoms with Crippen molar-refractivity contribution in [2.24, 2.45) is 5.73 Å². The maximum atomic E-state index is 13.3. The molecule has 0 radical (unpaired) electrons. The zero-order valence-electron chi connectivity index (χ0n) is 15.7. The number of rotatable bonds is 5. The number of carbonyl (C=O) groups is 3. The molecule has 0 spiro atoms. The van der Waals surface area contributed by atoms with Crippen LogP contribution in [-0.4, -0.2) is 40.0 Å². The van der Waals surface area contributed by atoms with Crippen molar-refractivity contribution in [1.82, 2.24) is 4.90 Å². The lowest BCUT2D eigenvalue weighted by Gasteiger charge is -2.50. The van der Waals surface area contributed by atoms with Crippen molar-refractivity contribution in [3.05, 3.63) is 82.8 Å². The van der Waals surface area contributed by atoms with E-state index in [0.717, 1.165) is 11.1 Å². The molecule has 3 atom stereocenters. The first-order chi connectivity index (χ1) is 14.0. The third-order valence-electron chi connectivity index (χ3n) is 5.10. The molecule has 7 heteroatoms. The van der Waals surface area contributed by atoms with Crippen molar-refractivity contribution in [2.45, 2.75) is 30.5 Å². The molecule has 2 N–H and O–H groups in total. The standard InChI is InChI=1S/C22H20N2O4S/c1-13(25)16-12-29-21-17(23)20(26)24(21)18(16)22(27)28-19(14-8-4-2-5-9-14)15-10-6-3-7-11-15/h2-12,17-19,21H,23H2,1H3/t17?,18?,21-/m1/s1. The number of nitrogens with zero attached hydrogens (tertiary/aromatic N) is 1. The summed E-state index contributed by atoms with van der Waals surface area (Å²) in [6.45, 7) is 1.38. The van der Waals surface area contributed by atoms with Crippen molar-refractivity contribution in [1.29, 1.82) is 0 Å². The van der Waals surface area contributed by atoms with Gasteiger partial charge < -0.3 is 15.4 Å². The molecule has 2 heterocycles. The number of benzene rings is 2. The van der Waals surface area contributed by atoms with Gasteiger partial charge in [-0.3, -0.25) is 9.59 Å². The van der Waals surface area contributed by atoms with Crippen LogP contribution in [0.15, 0.2) is 71.6 Å². The number of thioether (sulfide) groups is 1. The molecule has 6 nitrogen and oxygen atoms in total. The summed E-state index contributed by atoms with van der Waals surface area (Å²) in [5.41, 5.74) is 7.71. The van der Waals surface area contributed by atoms with Crippen molar-refractivity contribution in [3.63, 3.8) is 0 Å². The van der Waals surface area contributed by atoms with Crippen molar-refractivity contribution < 1.29 is 19.1 Å². The third kappa shape index (κ3) is 3.47. The van der Waals surface area contributed by atoms with Crippen LogP contribution in [0.3, 0.4) is 0 Å². The van der Waals surface area contributed by atoms with Crippen LogP contribution in [0.1, 0.15) is 24.2 Å². The second kappa shape index (κ2) is 7.85. The van der Waals surface area contributed by atoms with Crippen LogP contribution in [0.2, 0.25) is 0 Å². The summed E-state index contributed by atoms with van der Waals surface area (Å²) in [6.07, 6.45) is -0.656. The molecule has 4 rings (SSSR count). The van der Waals surface area contributed by atoms with E-state index >= 15 is 0 Å². The minimum Gasteiger partial charge on any atom is -0.451 e. The van der Waals surface area contributed by atoms with E-state index in [0.29, 0.717) is 0 Å². The van der Waals surface area contributed by atoms with E-state index in [1.165, 1.54) is 23.6 Å². The predicted octanol–water partition coefficient (Wildman–Crippen LogP) is 2.40. The summed E-state index contributed by atoms with van der Waals surface area (Å²) in [5.74, 6) is -1.27. The highest BCUT2D eigenvalue weighted by molar-refractivity contribution is 8.03. The number of Topliss-reactive ketones (excluding diaryl/α,β-unsaturated/α-hetero) is 1. The fourth-order valence-corrected chi connectivity index (χ4v) is 4.80. The molecule has 148 valence electrons. The average molecular weight is 408 g/mol. The molecule has 2 aromatic carbocycles. The van der Waals surface area contributed by atoms with Gasteiger partial charge in [0.2, 0.25) is 5.91 Å². The molecule has 29 heavy (non-hydrogen) atoms. The molecule has 1 fully saturated rings. The van der Waals surface area contributed by atoms with Gasteiger partial charge in [0.25, 0.3) is 0 Å². The first kappa shape index (κ1) is 19.4. The van der Waals surface area contributed by atoms with E-state index in [1.54, 1.807) is 5.41 Å². The highest BCUT2D eigenvalue weighted by Crippen LogP contribution is 2.40. The number of carbonyl (C=O) groups excluding carboxylic acids is 3. The minimum absolute atomic E-state index is 0.247. The van der Waals surface area contributed by atoms with Crippen LogP contribution >= 0.6 is 11.8 Å². The zero-order valence-corrected chi connectivity index (χ0v) is 16.5. The summed E-state index contributed by atoms with van der Waals surface area (Å²) < 4.78 is 5.90. The molecule has 2 aliphatic heterocycles. The lowest BCUT2D eigenvalue weighted by atomic mass is 9.96. The smallest absolute Gasteiger partial charge is 0.334 e. The summed E-state index contributed by atoms with van der Waals surface area (Å²) in [7, 11) is 0. The zero-order chi connectivity index (χ0) is 20.5. The Bertz CT molecular complexity index is 937. The molecule has 0 aromatic heterocycles. The van der Waals surface area contributed by atoms with Crippen LogP contribution in [-0.2, 0) is 19.1 Å². The van der Waals surface area contributed by atoms with E-state index in [9.17, 15) is 14.4 Å². The molecule has 0 bridgehead atoms. The van der Waals surface area contributed by atoms with Gasteiger partial charge in [-0.25, -0.2) is 4.79 Å². The Morgan fingerprint density at radius 3 is 2.10 bits per heavy atom. The normalized spacial score (nSPS) is 23.1. The molecule has 1 amide bonds. The molecule has 2 aliphatic rings. The third-order valence-corrected chi connectivity index (χ3v) is 6.29. The second-order valence-electron chi connectivity index (χ2n) is 6.97. The van der Waals surface area contributed by atoms with Gasteiger partial charge in [-0.05, 0) is 23.5 Å². The van der Waals surface area contributed by atoms with E-state index in [1.807, 2.05) is 60.7 Å². The molecular weight excluding hydrogens is 388 g/mol. The summed E-state index contributed by atoms with van der Waals surface area (Å²) >= 11 is 1.28. The Labute approximate surface area is 172 Å². The van der Waals surface area contributed by atoms with Crippen molar-refractivity contribution in [3.8, 4) is 0 Å². The van der Waals surface area contributed by atoms with Crippen LogP contribution in [0.5, 0.6) is 0 Å². The highest BCUT2D eigenvalue weighted by atomic mass is 32.2. The number of hydrogen-bond donors (Lipinski definition) is 1. The predicted molar refractivity (Wildman–Crippen MR) is 110 cm³/mol. The monoisotopic (exact) mass is 408 g/mol. The molecule has 0 aliphatic carbocycles. The number of ketones is 1. The summed E-state index contributed by atoms with van der Waals surface area (Å²) in [4.78, 5) is 39.1. The van der Waals surface area contributed by atoms with E-state index in [4.69, 9.17) is 10.5 Å². The number of ether oxygens (including phenoxy) is 1. The van der Waals surface area contributed by atoms with Crippen molar-refractivity contribution in [2.75, 3.05) is 0 Å². The number of esters is 1. The number of nitrogens with two attached hydrogens (primary N) is 1. The first-order valence-corrected chi connectivity index (χ1v) is 10.2. The fraction of sp³-hybridized carbons (Fsp3) is 0.227. The van der Waals surface area contributed by atoms with Gasteiger partial charge >= 0.3 is 5.97 Å². The summed E-state index contributed by atoms with van der Waals surface area (Å²) in [6, 6.07) is 17.0. The van der Waals surface area contributed by atoms with Crippen LogP contribution < -0.4 is 5.73 Å². The van der Waals surface area contributed by atoms with Gasteiger partial charge in [-0.15, -0.1) is 11.8 Å².